The molecule has 11 nitrogen and oxygen atoms in total. The molecule has 1 amide bonds. The quantitative estimate of drug-likeness (QED) is 0.291. The number of aromatic nitrogens is 3. The van der Waals surface area contributed by atoms with Crippen molar-refractivity contribution in [1.82, 2.24) is 19.9 Å². The van der Waals surface area contributed by atoms with Gasteiger partial charge in [-0.1, -0.05) is 6.07 Å². The van der Waals surface area contributed by atoms with E-state index in [4.69, 9.17) is 4.74 Å². The minimum Gasteiger partial charge on any atom is -0.480 e. The summed E-state index contributed by atoms with van der Waals surface area (Å²) in [4.78, 5) is 38.8. The highest BCUT2D eigenvalue weighted by Crippen LogP contribution is 2.34. The molecule has 0 atom stereocenters. The zero-order chi connectivity index (χ0) is 31.6. The number of piperazine rings is 1. The first-order chi connectivity index (χ1) is 21.0. The minimum absolute atomic E-state index is 0.171. The summed E-state index contributed by atoms with van der Waals surface area (Å²) >= 11 is 0. The van der Waals surface area contributed by atoms with Crippen LogP contribution in [0, 0.1) is 17.5 Å². The second-order valence-corrected chi connectivity index (χ2v) is 11.4. The summed E-state index contributed by atoms with van der Waals surface area (Å²) in [7, 11) is -3.62. The highest BCUT2D eigenvalue weighted by molar-refractivity contribution is 7.92. The third kappa shape index (κ3) is 6.32. The molecule has 0 spiro atoms. The van der Waals surface area contributed by atoms with E-state index < -0.39 is 32.4 Å². The molecule has 0 unspecified atom stereocenters. The first kappa shape index (κ1) is 30.4. The predicted molar refractivity (Wildman–Crippen MR) is 155 cm³/mol. The van der Waals surface area contributed by atoms with Crippen LogP contribution in [0.5, 0.6) is 5.88 Å². The van der Waals surface area contributed by atoms with E-state index in [9.17, 15) is 31.2 Å². The van der Waals surface area contributed by atoms with Gasteiger partial charge in [-0.05, 0) is 36.8 Å². The average molecular weight is 627 g/mol. The van der Waals surface area contributed by atoms with Crippen LogP contribution in [0.2, 0.25) is 0 Å². The molecule has 15 heteroatoms. The molecule has 3 heterocycles. The van der Waals surface area contributed by atoms with E-state index in [-0.39, 0.29) is 35.4 Å². The summed E-state index contributed by atoms with van der Waals surface area (Å²) in [5, 5.41) is 0.676. The third-order valence-electron chi connectivity index (χ3n) is 6.82. The highest BCUT2D eigenvalue weighted by Gasteiger charge is 2.27. The number of nitrogens with one attached hydrogen (secondary N) is 1. The first-order valence-corrected chi connectivity index (χ1v) is 14.6. The first-order valence-electron chi connectivity index (χ1n) is 13.2. The lowest BCUT2D eigenvalue weighted by molar-refractivity contribution is -0.126. The molecule has 0 saturated carbocycles. The van der Waals surface area contributed by atoms with Crippen LogP contribution in [0.1, 0.15) is 6.92 Å². The third-order valence-corrected chi connectivity index (χ3v) is 8.24. The van der Waals surface area contributed by atoms with Gasteiger partial charge in [0.2, 0.25) is 11.8 Å². The van der Waals surface area contributed by atoms with Crippen LogP contribution in [0.3, 0.4) is 0 Å². The van der Waals surface area contributed by atoms with Crippen LogP contribution < -0.4 is 14.4 Å². The number of rotatable bonds is 8. The Kier molecular flexibility index (Phi) is 8.49. The Hall–Kier alpha value is -5.05. The summed E-state index contributed by atoms with van der Waals surface area (Å²) in [6, 6.07) is 7.19. The Morgan fingerprint density at radius 1 is 0.932 bits per heavy atom. The summed E-state index contributed by atoms with van der Waals surface area (Å²) in [5.74, 6) is -4.48. The number of pyridine rings is 1. The molecule has 5 rings (SSSR count). The van der Waals surface area contributed by atoms with Crippen LogP contribution >= 0.6 is 0 Å². The van der Waals surface area contributed by atoms with Gasteiger partial charge in [0.15, 0.2) is 10.7 Å². The number of anilines is 2. The van der Waals surface area contributed by atoms with Gasteiger partial charge in [-0.25, -0.2) is 36.5 Å². The Labute approximate surface area is 250 Å². The molecule has 44 heavy (non-hydrogen) atoms. The molecule has 1 fully saturated rings. The lowest BCUT2D eigenvalue weighted by Gasteiger charge is -2.35. The minimum atomic E-state index is -4.86. The zero-order valence-corrected chi connectivity index (χ0v) is 24.2. The second kappa shape index (κ2) is 12.3. The zero-order valence-electron chi connectivity index (χ0n) is 23.4. The smallest absolute Gasteiger partial charge is 0.267 e. The summed E-state index contributed by atoms with van der Waals surface area (Å²) in [6.45, 7) is 3.14. The highest BCUT2D eigenvalue weighted by atomic mass is 32.2. The van der Waals surface area contributed by atoms with E-state index in [0.717, 1.165) is 0 Å². The molecular weight excluding hydrogens is 601 g/mol. The molecule has 0 bridgehead atoms. The number of ketones is 1. The maximum absolute atomic E-state index is 14.3. The van der Waals surface area contributed by atoms with Gasteiger partial charge in [-0.3, -0.25) is 14.3 Å². The van der Waals surface area contributed by atoms with Gasteiger partial charge < -0.3 is 14.5 Å². The molecule has 1 saturated heterocycles. The van der Waals surface area contributed by atoms with Gasteiger partial charge in [-0.2, -0.15) is 0 Å². The number of hydrogen-bond acceptors (Lipinski definition) is 9. The largest absolute Gasteiger partial charge is 0.480 e. The van der Waals surface area contributed by atoms with Gasteiger partial charge >= 0.3 is 0 Å². The SMILES string of the molecule is COc1ncc(-c2ccc3ncnc(N4CCN(C(=O)/C=C/C(C)=O)CC4)c3c2)cc1NS(=O)(=O)c1c(F)cc(F)cc1F. The number of carbonyl (C=O) groups excluding carboxylic acids is 2. The number of allylic oxidation sites excluding steroid dienone is 1. The van der Waals surface area contributed by atoms with Crippen molar-refractivity contribution in [1.29, 1.82) is 0 Å². The van der Waals surface area contributed by atoms with E-state index in [2.05, 4.69) is 19.7 Å². The fourth-order valence-electron chi connectivity index (χ4n) is 4.73. The maximum Gasteiger partial charge on any atom is 0.267 e. The lowest BCUT2D eigenvalue weighted by atomic mass is 10.0. The van der Waals surface area contributed by atoms with Crippen LogP contribution in [-0.2, 0) is 19.6 Å². The van der Waals surface area contributed by atoms with E-state index in [1.54, 1.807) is 23.1 Å². The van der Waals surface area contributed by atoms with Crippen molar-refractivity contribution in [3.05, 3.63) is 78.5 Å². The van der Waals surface area contributed by atoms with Crippen molar-refractivity contribution >= 4 is 44.1 Å². The Morgan fingerprint density at radius 2 is 1.64 bits per heavy atom. The number of carbonyl (C=O) groups is 2. The number of hydrogen-bond donors (Lipinski definition) is 1. The summed E-state index contributed by atoms with van der Waals surface area (Å²) in [6.07, 6.45) is 5.35. The molecule has 228 valence electrons. The van der Waals surface area contributed by atoms with Crippen molar-refractivity contribution in [2.24, 2.45) is 0 Å². The fraction of sp³-hybridized carbons (Fsp3) is 0.207. The van der Waals surface area contributed by atoms with E-state index in [1.165, 1.54) is 44.8 Å². The Bertz CT molecular complexity index is 1890. The maximum atomic E-state index is 14.3. The van der Waals surface area contributed by atoms with Gasteiger partial charge in [0.05, 0.1) is 12.6 Å². The summed E-state index contributed by atoms with van der Waals surface area (Å²) < 4.78 is 75.1. The molecule has 1 N–H and O–H groups in total. The van der Waals surface area contributed by atoms with Gasteiger partial charge in [-0.15, -0.1) is 0 Å². The molecule has 0 aliphatic carbocycles. The number of nitrogens with zero attached hydrogens (tertiary/aromatic N) is 5. The predicted octanol–water partition coefficient (Wildman–Crippen LogP) is 3.71. The summed E-state index contributed by atoms with van der Waals surface area (Å²) in [5.41, 5.74) is 1.43. The fourth-order valence-corrected chi connectivity index (χ4v) is 5.90. The van der Waals surface area contributed by atoms with Crippen molar-refractivity contribution in [2.45, 2.75) is 11.8 Å². The van der Waals surface area contributed by atoms with Crippen LogP contribution in [0.4, 0.5) is 24.7 Å². The monoisotopic (exact) mass is 626 g/mol. The second-order valence-electron chi connectivity index (χ2n) is 9.77. The van der Waals surface area contributed by atoms with E-state index >= 15 is 0 Å². The molecule has 4 aromatic rings. The van der Waals surface area contributed by atoms with Crippen LogP contribution in [-0.4, -0.2) is 73.2 Å². The Balaban J connectivity index is 1.45. The molecule has 2 aromatic carbocycles. The van der Waals surface area contributed by atoms with Gasteiger partial charge in [0.25, 0.3) is 10.0 Å². The topological polar surface area (TPSA) is 135 Å². The van der Waals surface area contributed by atoms with Crippen molar-refractivity contribution in [3.63, 3.8) is 0 Å². The normalized spacial score (nSPS) is 13.8. The number of methoxy groups -OCH3 is 1. The van der Waals surface area contributed by atoms with E-state index in [0.29, 0.717) is 54.0 Å². The van der Waals surface area contributed by atoms with Crippen LogP contribution in [0.25, 0.3) is 22.0 Å². The van der Waals surface area contributed by atoms with Gasteiger partial charge in [0, 0.05) is 61.5 Å². The number of halogens is 3. The molecule has 1 aliphatic heterocycles. The standard InChI is InChI=1S/C29H25F3N6O5S/c1-17(39)3-6-26(40)37-7-9-38(10-8-37)28-21-11-18(4-5-24(21)34-16-35-28)19-12-25(29(43-2)33-15-19)36-44(41,42)27-22(31)13-20(30)14-23(27)32/h3-6,11-16,36H,7-10H2,1-2H3/b6-3+. The van der Waals surface area contributed by atoms with Gasteiger partial charge in [0.1, 0.15) is 35.3 Å². The van der Waals surface area contributed by atoms with Crippen molar-refractivity contribution < 1.29 is 35.9 Å². The number of fused-ring (bicyclic) bond motifs is 1. The molecule has 2 aromatic heterocycles. The van der Waals surface area contributed by atoms with Crippen molar-refractivity contribution in [2.75, 3.05) is 42.9 Å². The molecular formula is C29H25F3N6O5S. The molecule has 0 radical (unpaired) electrons. The van der Waals surface area contributed by atoms with Crippen LogP contribution in [0.15, 0.2) is 66.0 Å². The number of amides is 1. The van der Waals surface area contributed by atoms with Crippen molar-refractivity contribution in [3.8, 4) is 17.0 Å². The number of sulfonamides is 1. The number of benzene rings is 2. The molecule has 1 aliphatic rings. The lowest BCUT2D eigenvalue weighted by Crippen LogP contribution is -2.48. The number of ether oxygens (including phenoxy) is 1. The average Bonchev–Trinajstić information content (AvgIpc) is 2.98. The Morgan fingerprint density at radius 3 is 2.30 bits per heavy atom. The van der Waals surface area contributed by atoms with E-state index in [1.807, 2.05) is 4.90 Å².